The number of methoxy groups -OCH3 is 1. The number of ketones is 1. The summed E-state index contributed by atoms with van der Waals surface area (Å²) in [5.41, 5.74) is 2.97. The number of hydrogen-bond acceptors (Lipinski definition) is 4. The fraction of sp³-hybridized carbons (Fsp3) is 0.562. The van der Waals surface area contributed by atoms with Crippen LogP contribution in [0, 0.1) is 13.8 Å². The molecule has 1 aliphatic rings. The Balaban J connectivity index is 2.02. The number of carbonyl (C=O) groups excluding carboxylic acids is 1. The van der Waals surface area contributed by atoms with E-state index in [-0.39, 0.29) is 5.78 Å². The first-order valence-corrected chi connectivity index (χ1v) is 7.10. The van der Waals surface area contributed by atoms with Crippen molar-refractivity contribution in [2.75, 3.05) is 40.0 Å². The Kier molecular flexibility index (Phi) is 5.15. The van der Waals surface area contributed by atoms with Gasteiger partial charge in [-0.2, -0.15) is 0 Å². The molecule has 0 radical (unpaired) electrons. The van der Waals surface area contributed by atoms with Crippen LogP contribution in [-0.2, 0) is 4.74 Å². The van der Waals surface area contributed by atoms with Crippen LogP contribution < -0.4 is 4.74 Å². The van der Waals surface area contributed by atoms with Gasteiger partial charge >= 0.3 is 0 Å². The summed E-state index contributed by atoms with van der Waals surface area (Å²) in [4.78, 5) is 14.7. The number of Topliss-reactive ketones (excluding diaryl/α,β-unsaturated/α-hetero) is 1. The van der Waals surface area contributed by atoms with E-state index in [1.54, 1.807) is 7.11 Å². The van der Waals surface area contributed by atoms with Crippen molar-refractivity contribution in [3.63, 3.8) is 0 Å². The van der Waals surface area contributed by atoms with Crippen LogP contribution in [0.25, 0.3) is 0 Å². The van der Waals surface area contributed by atoms with Crippen molar-refractivity contribution in [2.45, 2.75) is 20.3 Å². The number of ether oxygens (including phenoxy) is 2. The molecule has 0 amide bonds. The minimum absolute atomic E-state index is 0.149. The monoisotopic (exact) mass is 277 g/mol. The van der Waals surface area contributed by atoms with Crippen LogP contribution in [0.3, 0.4) is 0 Å². The quantitative estimate of drug-likeness (QED) is 0.774. The van der Waals surface area contributed by atoms with Gasteiger partial charge < -0.3 is 9.47 Å². The van der Waals surface area contributed by atoms with E-state index in [2.05, 4.69) is 4.90 Å². The van der Waals surface area contributed by atoms with Gasteiger partial charge in [0.05, 0.1) is 25.9 Å². The molecule has 1 heterocycles. The number of nitrogens with zero attached hydrogens (tertiary/aromatic N) is 1. The van der Waals surface area contributed by atoms with Crippen LogP contribution in [0.1, 0.15) is 27.9 Å². The SMILES string of the molecule is COc1cc(C)c(C)cc1C(=O)CCN1CCOCC1. The fourth-order valence-corrected chi connectivity index (χ4v) is 2.40. The largest absolute Gasteiger partial charge is 0.496 e. The zero-order chi connectivity index (χ0) is 14.5. The number of benzene rings is 1. The van der Waals surface area contributed by atoms with Gasteiger partial charge in [0.1, 0.15) is 5.75 Å². The molecule has 0 bridgehead atoms. The molecule has 4 nitrogen and oxygen atoms in total. The first-order valence-electron chi connectivity index (χ1n) is 7.10. The third-order valence-corrected chi connectivity index (χ3v) is 3.88. The van der Waals surface area contributed by atoms with Gasteiger partial charge in [0, 0.05) is 26.1 Å². The van der Waals surface area contributed by atoms with Crippen LogP contribution in [0.2, 0.25) is 0 Å². The maximum atomic E-state index is 12.4. The van der Waals surface area contributed by atoms with Gasteiger partial charge in [-0.25, -0.2) is 0 Å². The molecule has 0 aromatic heterocycles. The lowest BCUT2D eigenvalue weighted by atomic mass is 10.0. The van der Waals surface area contributed by atoms with Gasteiger partial charge in [0.2, 0.25) is 0 Å². The molecule has 4 heteroatoms. The molecule has 20 heavy (non-hydrogen) atoms. The number of rotatable bonds is 5. The van der Waals surface area contributed by atoms with Crippen molar-refractivity contribution in [3.05, 3.63) is 28.8 Å². The summed E-state index contributed by atoms with van der Waals surface area (Å²) in [6.45, 7) is 8.20. The Labute approximate surface area is 120 Å². The summed E-state index contributed by atoms with van der Waals surface area (Å²) in [6.07, 6.45) is 0.527. The highest BCUT2D eigenvalue weighted by molar-refractivity contribution is 5.99. The Hall–Kier alpha value is -1.39. The Morgan fingerprint density at radius 1 is 1.25 bits per heavy atom. The molecule has 0 N–H and O–H groups in total. The topological polar surface area (TPSA) is 38.8 Å². The van der Waals surface area contributed by atoms with Gasteiger partial charge in [-0.3, -0.25) is 9.69 Å². The van der Waals surface area contributed by atoms with Crippen molar-refractivity contribution >= 4 is 5.78 Å². The highest BCUT2D eigenvalue weighted by atomic mass is 16.5. The number of hydrogen-bond donors (Lipinski definition) is 0. The van der Waals surface area contributed by atoms with Crippen LogP contribution in [0.4, 0.5) is 0 Å². The molecular formula is C16H23NO3. The second-order valence-electron chi connectivity index (χ2n) is 5.26. The van der Waals surface area contributed by atoms with Gasteiger partial charge in [-0.15, -0.1) is 0 Å². The smallest absolute Gasteiger partial charge is 0.167 e. The summed E-state index contributed by atoms with van der Waals surface area (Å²) in [7, 11) is 1.61. The van der Waals surface area contributed by atoms with E-state index in [0.29, 0.717) is 17.7 Å². The number of aryl methyl sites for hydroxylation is 2. The van der Waals surface area contributed by atoms with E-state index in [1.807, 2.05) is 26.0 Å². The van der Waals surface area contributed by atoms with E-state index >= 15 is 0 Å². The summed E-state index contributed by atoms with van der Waals surface area (Å²) in [5.74, 6) is 0.830. The maximum absolute atomic E-state index is 12.4. The average Bonchev–Trinajstić information content (AvgIpc) is 2.48. The van der Waals surface area contributed by atoms with Crippen LogP contribution in [0.5, 0.6) is 5.75 Å². The standard InChI is InChI=1S/C16H23NO3/c1-12-10-14(16(19-3)11-13(12)2)15(18)4-5-17-6-8-20-9-7-17/h10-11H,4-9H2,1-3H3. The molecule has 110 valence electrons. The first-order chi connectivity index (χ1) is 9.61. The highest BCUT2D eigenvalue weighted by Gasteiger charge is 2.16. The van der Waals surface area contributed by atoms with Crippen LogP contribution >= 0.6 is 0 Å². The highest BCUT2D eigenvalue weighted by Crippen LogP contribution is 2.24. The minimum Gasteiger partial charge on any atom is -0.496 e. The van der Waals surface area contributed by atoms with Crippen molar-refractivity contribution < 1.29 is 14.3 Å². The summed E-state index contributed by atoms with van der Waals surface area (Å²) in [6, 6.07) is 3.88. The molecule has 1 aromatic rings. The Morgan fingerprint density at radius 3 is 2.55 bits per heavy atom. The zero-order valence-electron chi connectivity index (χ0n) is 12.6. The fourth-order valence-electron chi connectivity index (χ4n) is 2.40. The molecule has 0 atom stereocenters. The lowest BCUT2D eigenvalue weighted by molar-refractivity contribution is 0.0370. The van der Waals surface area contributed by atoms with E-state index < -0.39 is 0 Å². The molecule has 0 aliphatic carbocycles. The normalized spacial score (nSPS) is 16.1. The summed E-state index contributed by atoms with van der Waals surface area (Å²) in [5, 5.41) is 0. The lowest BCUT2D eigenvalue weighted by Gasteiger charge is -2.26. The minimum atomic E-state index is 0.149. The zero-order valence-corrected chi connectivity index (χ0v) is 12.6. The molecule has 1 saturated heterocycles. The van der Waals surface area contributed by atoms with Gasteiger partial charge in [0.15, 0.2) is 5.78 Å². The molecule has 1 fully saturated rings. The first kappa shape index (κ1) is 15.0. The second kappa shape index (κ2) is 6.86. The van der Waals surface area contributed by atoms with Gasteiger partial charge in [0.25, 0.3) is 0 Å². The molecule has 0 spiro atoms. The second-order valence-corrected chi connectivity index (χ2v) is 5.26. The Morgan fingerprint density at radius 2 is 1.90 bits per heavy atom. The van der Waals surface area contributed by atoms with E-state index in [4.69, 9.17) is 9.47 Å². The van der Waals surface area contributed by atoms with Crippen molar-refractivity contribution in [1.29, 1.82) is 0 Å². The van der Waals surface area contributed by atoms with E-state index in [9.17, 15) is 4.79 Å². The maximum Gasteiger partial charge on any atom is 0.167 e. The molecule has 1 aromatic carbocycles. The third-order valence-electron chi connectivity index (χ3n) is 3.88. The lowest BCUT2D eigenvalue weighted by Crippen LogP contribution is -2.37. The molecule has 0 saturated carbocycles. The molecular weight excluding hydrogens is 254 g/mol. The van der Waals surface area contributed by atoms with Crippen LogP contribution in [0.15, 0.2) is 12.1 Å². The number of carbonyl (C=O) groups is 1. The summed E-state index contributed by atoms with van der Waals surface area (Å²) >= 11 is 0. The third kappa shape index (κ3) is 3.58. The summed E-state index contributed by atoms with van der Waals surface area (Å²) < 4.78 is 10.6. The Bertz CT molecular complexity index is 479. The van der Waals surface area contributed by atoms with Crippen molar-refractivity contribution in [3.8, 4) is 5.75 Å². The van der Waals surface area contributed by atoms with E-state index in [1.165, 1.54) is 0 Å². The van der Waals surface area contributed by atoms with Crippen molar-refractivity contribution in [1.82, 2.24) is 4.90 Å². The van der Waals surface area contributed by atoms with Gasteiger partial charge in [-0.05, 0) is 37.1 Å². The number of morpholine rings is 1. The predicted octanol–water partition coefficient (Wildman–Crippen LogP) is 2.22. The van der Waals surface area contributed by atoms with E-state index in [0.717, 1.165) is 44.0 Å². The van der Waals surface area contributed by atoms with Crippen molar-refractivity contribution in [2.24, 2.45) is 0 Å². The average molecular weight is 277 g/mol. The molecule has 0 unspecified atom stereocenters. The predicted molar refractivity (Wildman–Crippen MR) is 78.7 cm³/mol. The molecule has 2 rings (SSSR count). The van der Waals surface area contributed by atoms with Gasteiger partial charge in [-0.1, -0.05) is 0 Å². The van der Waals surface area contributed by atoms with Crippen LogP contribution in [-0.4, -0.2) is 50.6 Å². The molecule has 1 aliphatic heterocycles.